The molecule has 3 aromatic rings. The first-order valence-electron chi connectivity index (χ1n) is 8.94. The van der Waals surface area contributed by atoms with Gasteiger partial charge in [-0.2, -0.15) is 5.26 Å². The standard InChI is InChI=1S/C22H17N3O4S/c1-14(20(26)25-18-6-3-2-5-16(18)13-23)29-22(28)15-8-10-17(11-9-15)24-21(27)19-7-4-12-30-19/h2-12,14H,1H3,(H,24,27)(H,25,26). The van der Waals surface area contributed by atoms with E-state index in [1.165, 1.54) is 30.4 Å². The first kappa shape index (κ1) is 20.8. The fourth-order valence-corrected chi connectivity index (χ4v) is 3.12. The van der Waals surface area contributed by atoms with Gasteiger partial charge in [0.05, 0.1) is 21.7 Å². The average molecular weight is 419 g/mol. The highest BCUT2D eigenvalue weighted by Crippen LogP contribution is 2.16. The van der Waals surface area contributed by atoms with Crippen LogP contribution in [-0.2, 0) is 9.53 Å². The Hall–Kier alpha value is -3.96. The molecule has 0 fully saturated rings. The maximum atomic E-state index is 12.3. The number of para-hydroxylation sites is 1. The van der Waals surface area contributed by atoms with E-state index in [0.717, 1.165) is 0 Å². The van der Waals surface area contributed by atoms with Crippen LogP contribution >= 0.6 is 11.3 Å². The van der Waals surface area contributed by atoms with Crippen LogP contribution in [0.4, 0.5) is 11.4 Å². The Morgan fingerprint density at radius 3 is 2.40 bits per heavy atom. The molecule has 0 aliphatic heterocycles. The van der Waals surface area contributed by atoms with Crippen molar-refractivity contribution in [3.8, 4) is 6.07 Å². The third-order valence-corrected chi connectivity index (χ3v) is 4.95. The molecule has 1 heterocycles. The van der Waals surface area contributed by atoms with Gasteiger partial charge in [-0.15, -0.1) is 11.3 Å². The van der Waals surface area contributed by atoms with Crippen molar-refractivity contribution in [2.24, 2.45) is 0 Å². The molecule has 0 saturated carbocycles. The highest BCUT2D eigenvalue weighted by Gasteiger charge is 2.20. The molecule has 30 heavy (non-hydrogen) atoms. The van der Waals surface area contributed by atoms with Gasteiger partial charge >= 0.3 is 5.97 Å². The van der Waals surface area contributed by atoms with E-state index >= 15 is 0 Å². The molecule has 0 aliphatic carbocycles. The van der Waals surface area contributed by atoms with Gasteiger partial charge in [0.15, 0.2) is 6.10 Å². The van der Waals surface area contributed by atoms with Crippen LogP contribution in [0.15, 0.2) is 66.0 Å². The Bertz CT molecular complexity index is 1100. The van der Waals surface area contributed by atoms with E-state index in [9.17, 15) is 14.4 Å². The Morgan fingerprint density at radius 1 is 1.00 bits per heavy atom. The van der Waals surface area contributed by atoms with E-state index in [1.807, 2.05) is 11.4 Å². The molecule has 0 saturated heterocycles. The molecule has 3 rings (SSSR count). The van der Waals surface area contributed by atoms with Crippen LogP contribution in [-0.4, -0.2) is 23.9 Å². The third kappa shape index (κ3) is 5.10. The van der Waals surface area contributed by atoms with Crippen molar-refractivity contribution in [3.05, 3.63) is 82.0 Å². The van der Waals surface area contributed by atoms with E-state index in [-0.39, 0.29) is 11.5 Å². The number of hydrogen-bond donors (Lipinski definition) is 2. The summed E-state index contributed by atoms with van der Waals surface area (Å²) in [4.78, 5) is 37.2. The van der Waals surface area contributed by atoms with Crippen molar-refractivity contribution >= 4 is 40.5 Å². The quantitative estimate of drug-likeness (QED) is 0.586. The Labute approximate surface area is 176 Å². The molecule has 8 heteroatoms. The molecule has 0 spiro atoms. The van der Waals surface area contributed by atoms with Gasteiger partial charge in [0.2, 0.25) is 0 Å². The second-order valence-corrected chi connectivity index (χ2v) is 7.15. The molecule has 7 nitrogen and oxygen atoms in total. The molecule has 0 aliphatic rings. The third-order valence-electron chi connectivity index (χ3n) is 4.08. The number of nitriles is 1. The molecule has 1 unspecified atom stereocenters. The van der Waals surface area contributed by atoms with Crippen molar-refractivity contribution in [2.45, 2.75) is 13.0 Å². The monoisotopic (exact) mass is 419 g/mol. The molecule has 2 aromatic carbocycles. The summed E-state index contributed by atoms with van der Waals surface area (Å²) in [6, 6.07) is 18.2. The Kier molecular flexibility index (Phi) is 6.57. The predicted octanol–water partition coefficient (Wildman–Crippen LogP) is 4.06. The van der Waals surface area contributed by atoms with E-state index in [4.69, 9.17) is 10.00 Å². The zero-order chi connectivity index (χ0) is 21.5. The number of amides is 2. The number of benzene rings is 2. The minimum atomic E-state index is -1.07. The van der Waals surface area contributed by atoms with Crippen molar-refractivity contribution in [2.75, 3.05) is 10.6 Å². The van der Waals surface area contributed by atoms with Gasteiger partial charge < -0.3 is 15.4 Å². The number of carbonyl (C=O) groups is 3. The number of esters is 1. The van der Waals surface area contributed by atoms with Crippen LogP contribution in [0.3, 0.4) is 0 Å². The number of hydrogen-bond acceptors (Lipinski definition) is 6. The summed E-state index contributed by atoms with van der Waals surface area (Å²) in [6.07, 6.45) is -1.07. The van der Waals surface area contributed by atoms with Crippen molar-refractivity contribution in [3.63, 3.8) is 0 Å². The smallest absolute Gasteiger partial charge is 0.338 e. The van der Waals surface area contributed by atoms with E-state index in [2.05, 4.69) is 10.6 Å². The van der Waals surface area contributed by atoms with Crippen LogP contribution in [0.2, 0.25) is 0 Å². The Balaban J connectivity index is 1.58. The molecule has 0 bridgehead atoms. The molecule has 1 aromatic heterocycles. The molecular weight excluding hydrogens is 402 g/mol. The summed E-state index contributed by atoms with van der Waals surface area (Å²) in [5.74, 6) is -1.46. The van der Waals surface area contributed by atoms with Gasteiger partial charge in [-0.05, 0) is 54.8 Å². The summed E-state index contributed by atoms with van der Waals surface area (Å²) >= 11 is 1.33. The molecule has 150 valence electrons. The topological polar surface area (TPSA) is 108 Å². The maximum absolute atomic E-state index is 12.3. The summed E-state index contributed by atoms with van der Waals surface area (Å²) in [5, 5.41) is 16.2. The molecule has 0 radical (unpaired) electrons. The number of nitrogens with one attached hydrogen (secondary N) is 2. The van der Waals surface area contributed by atoms with Crippen LogP contribution in [0.5, 0.6) is 0 Å². The second kappa shape index (κ2) is 9.49. The molecular formula is C22H17N3O4S. The normalized spacial score (nSPS) is 11.1. The molecule has 1 atom stereocenters. The SMILES string of the molecule is CC(OC(=O)c1ccc(NC(=O)c2cccs2)cc1)C(=O)Nc1ccccc1C#N. The second-order valence-electron chi connectivity index (χ2n) is 6.20. The van der Waals surface area contributed by atoms with Crippen molar-refractivity contribution in [1.82, 2.24) is 0 Å². The lowest BCUT2D eigenvalue weighted by Gasteiger charge is -2.14. The largest absolute Gasteiger partial charge is 0.449 e. The number of ether oxygens (including phenoxy) is 1. The highest BCUT2D eigenvalue weighted by molar-refractivity contribution is 7.12. The van der Waals surface area contributed by atoms with E-state index in [0.29, 0.717) is 21.8 Å². The van der Waals surface area contributed by atoms with E-state index in [1.54, 1.807) is 48.5 Å². The average Bonchev–Trinajstić information content (AvgIpc) is 3.29. The number of thiophene rings is 1. The van der Waals surface area contributed by atoms with Gasteiger partial charge in [-0.1, -0.05) is 18.2 Å². The lowest BCUT2D eigenvalue weighted by atomic mass is 10.2. The summed E-state index contributed by atoms with van der Waals surface area (Å²) in [5.41, 5.74) is 1.42. The van der Waals surface area contributed by atoms with Crippen molar-refractivity contribution in [1.29, 1.82) is 5.26 Å². The fourth-order valence-electron chi connectivity index (χ4n) is 2.50. The zero-order valence-corrected chi connectivity index (χ0v) is 16.7. The number of rotatable bonds is 6. The maximum Gasteiger partial charge on any atom is 0.338 e. The summed E-state index contributed by atoms with van der Waals surface area (Å²) in [6.45, 7) is 1.44. The van der Waals surface area contributed by atoms with Crippen LogP contribution in [0.1, 0.15) is 32.5 Å². The van der Waals surface area contributed by atoms with Crippen LogP contribution < -0.4 is 10.6 Å². The minimum Gasteiger partial charge on any atom is -0.449 e. The van der Waals surface area contributed by atoms with Gasteiger partial charge in [0.25, 0.3) is 11.8 Å². The lowest BCUT2D eigenvalue weighted by Crippen LogP contribution is -2.30. The first-order valence-corrected chi connectivity index (χ1v) is 9.82. The first-order chi connectivity index (χ1) is 14.5. The Morgan fingerprint density at radius 2 is 1.73 bits per heavy atom. The summed E-state index contributed by atoms with van der Waals surface area (Å²) < 4.78 is 5.20. The summed E-state index contributed by atoms with van der Waals surface area (Å²) in [7, 11) is 0. The minimum absolute atomic E-state index is 0.233. The fraction of sp³-hybridized carbons (Fsp3) is 0.0909. The van der Waals surface area contributed by atoms with Gasteiger partial charge in [-0.25, -0.2) is 4.79 Å². The van der Waals surface area contributed by atoms with E-state index < -0.39 is 18.0 Å². The lowest BCUT2D eigenvalue weighted by molar-refractivity contribution is -0.123. The van der Waals surface area contributed by atoms with Gasteiger partial charge in [-0.3, -0.25) is 9.59 Å². The van der Waals surface area contributed by atoms with Gasteiger partial charge in [0, 0.05) is 5.69 Å². The van der Waals surface area contributed by atoms with Crippen molar-refractivity contribution < 1.29 is 19.1 Å². The molecule has 2 amide bonds. The number of nitrogens with zero attached hydrogens (tertiary/aromatic N) is 1. The van der Waals surface area contributed by atoms with Gasteiger partial charge in [0.1, 0.15) is 6.07 Å². The number of carbonyl (C=O) groups excluding carboxylic acids is 3. The predicted molar refractivity (Wildman–Crippen MR) is 113 cm³/mol. The highest BCUT2D eigenvalue weighted by atomic mass is 32.1. The zero-order valence-electron chi connectivity index (χ0n) is 15.9. The molecule has 2 N–H and O–H groups in total. The number of anilines is 2. The van der Waals surface area contributed by atoms with Crippen LogP contribution in [0.25, 0.3) is 0 Å². The van der Waals surface area contributed by atoms with Crippen LogP contribution in [0, 0.1) is 11.3 Å².